The Morgan fingerprint density at radius 1 is 0.935 bits per heavy atom. The van der Waals surface area contributed by atoms with Crippen molar-refractivity contribution in [3.8, 4) is 22.4 Å². The fourth-order valence-corrected chi connectivity index (χ4v) is 4.10. The van der Waals surface area contributed by atoms with E-state index in [4.69, 9.17) is 11.3 Å². The predicted molar refractivity (Wildman–Crippen MR) is 125 cm³/mol. The molecule has 2 heterocycles. The predicted octanol–water partition coefficient (Wildman–Crippen LogP) is 7.32. The molecule has 0 atom stereocenters. The van der Waals surface area contributed by atoms with Crippen molar-refractivity contribution in [2.75, 3.05) is 0 Å². The van der Waals surface area contributed by atoms with E-state index in [1.807, 2.05) is 36.9 Å². The van der Waals surface area contributed by atoms with Crippen molar-refractivity contribution in [3.63, 3.8) is 0 Å². The first-order valence-corrected chi connectivity index (χ1v) is 10.2. The molecule has 0 fully saturated rings. The number of aromatic nitrogens is 1. The third-order valence-corrected chi connectivity index (χ3v) is 5.81. The zero-order valence-corrected chi connectivity index (χ0v) is 17.9. The van der Waals surface area contributed by atoms with Gasteiger partial charge in [0.2, 0.25) is 5.69 Å². The number of nitrogens with zero attached hydrogens (tertiary/aromatic N) is 1. The van der Waals surface area contributed by atoms with E-state index in [0.29, 0.717) is 16.9 Å². The molecule has 3 aromatic carbocycles. The highest BCUT2D eigenvalue weighted by Gasteiger charge is 2.23. The van der Waals surface area contributed by atoms with Crippen molar-refractivity contribution < 1.29 is 20.2 Å². The van der Waals surface area contributed by atoms with Crippen LogP contribution in [0.25, 0.3) is 44.3 Å². The summed E-state index contributed by atoms with van der Waals surface area (Å²) in [4.78, 5) is 0. The quantitative estimate of drug-likeness (QED) is 0.282. The van der Waals surface area contributed by atoms with Crippen molar-refractivity contribution in [1.82, 2.24) is 0 Å². The Labute approximate surface area is 188 Å². The lowest BCUT2D eigenvalue weighted by atomic mass is 9.96. The average molecular weight is 416 g/mol. The smallest absolute Gasteiger partial charge is 0.216 e. The van der Waals surface area contributed by atoms with E-state index in [1.54, 1.807) is 6.07 Å². The lowest BCUT2D eigenvalue weighted by Crippen LogP contribution is -2.31. The molecule has 0 bridgehead atoms. The van der Waals surface area contributed by atoms with Gasteiger partial charge in [0, 0.05) is 22.9 Å². The van der Waals surface area contributed by atoms with E-state index in [0.717, 1.165) is 22.2 Å². The van der Waals surface area contributed by atoms with Gasteiger partial charge < -0.3 is 4.42 Å². The van der Waals surface area contributed by atoms with Gasteiger partial charge in [-0.05, 0) is 41.7 Å². The summed E-state index contributed by atoms with van der Waals surface area (Å²) in [6.45, 7) is 6.24. The first-order chi connectivity index (χ1) is 17.0. The molecule has 0 saturated carbocycles. The van der Waals surface area contributed by atoms with Crippen LogP contribution in [0.2, 0.25) is 0 Å². The molecule has 0 radical (unpaired) electrons. The molecule has 0 spiro atoms. The van der Waals surface area contributed by atoms with E-state index < -0.39 is 36.0 Å². The summed E-state index contributed by atoms with van der Waals surface area (Å²) < 4.78 is 64.6. The maximum atomic E-state index is 15.4. The van der Waals surface area contributed by atoms with Gasteiger partial charge in [0.25, 0.3) is 0 Å². The summed E-state index contributed by atoms with van der Waals surface area (Å²) in [5, 5.41) is 1.37. The van der Waals surface area contributed by atoms with Crippen molar-refractivity contribution in [1.29, 1.82) is 0 Å². The lowest BCUT2D eigenvalue weighted by molar-refractivity contribution is -0.660. The van der Waals surface area contributed by atoms with Crippen molar-refractivity contribution >= 4 is 21.9 Å². The second-order valence-electron chi connectivity index (χ2n) is 8.15. The Morgan fingerprint density at radius 2 is 1.61 bits per heavy atom. The Morgan fingerprint density at radius 3 is 2.32 bits per heavy atom. The minimum absolute atomic E-state index is 0.135. The topological polar surface area (TPSA) is 17.0 Å². The average Bonchev–Trinajstić information content (AvgIpc) is 3.21. The van der Waals surface area contributed by atoms with Crippen LogP contribution >= 0.6 is 0 Å². The molecule has 2 aromatic heterocycles. The summed E-state index contributed by atoms with van der Waals surface area (Å²) in [5.74, 6) is -0.393. The molecule has 0 amide bonds. The minimum Gasteiger partial charge on any atom is -0.454 e. The fraction of sp³-hybridized carbons (Fsp3) is 0.179. The molecule has 0 N–H and O–H groups in total. The highest BCUT2D eigenvalue weighted by atomic mass is 19.1. The molecule has 5 rings (SSSR count). The highest BCUT2D eigenvalue weighted by molar-refractivity contribution is 6.13. The van der Waals surface area contributed by atoms with Gasteiger partial charge in [-0.3, -0.25) is 0 Å². The third-order valence-electron chi connectivity index (χ3n) is 5.81. The summed E-state index contributed by atoms with van der Waals surface area (Å²) in [6.07, 6.45) is 2.00. The monoisotopic (exact) mass is 415 g/mol. The third kappa shape index (κ3) is 3.12. The number of hydrogen-bond acceptors (Lipinski definition) is 1. The van der Waals surface area contributed by atoms with Gasteiger partial charge in [0.05, 0.1) is 18.0 Å². The van der Waals surface area contributed by atoms with Gasteiger partial charge in [0.1, 0.15) is 24.0 Å². The molecule has 3 heteroatoms. The van der Waals surface area contributed by atoms with Crippen LogP contribution in [-0.4, -0.2) is 0 Å². The van der Waals surface area contributed by atoms with Gasteiger partial charge in [-0.1, -0.05) is 56.2 Å². The molecule has 5 aromatic rings. The zero-order valence-electron chi connectivity index (χ0n) is 22.9. The SMILES string of the molecule is [2H]c1c([2H])c([2H])c(-c2c(F)ccc3c2oc2c(-c4cc(C(C)C)cc[n+]4C)c(C)ccc23)c([2H])c1[2H]. The van der Waals surface area contributed by atoms with Crippen LogP contribution in [0.5, 0.6) is 0 Å². The Bertz CT molecular complexity index is 1680. The van der Waals surface area contributed by atoms with Crippen LogP contribution in [-0.2, 0) is 7.05 Å². The second kappa shape index (κ2) is 7.35. The van der Waals surface area contributed by atoms with Crippen LogP contribution in [0.4, 0.5) is 4.39 Å². The van der Waals surface area contributed by atoms with Gasteiger partial charge in [-0.2, -0.15) is 0 Å². The van der Waals surface area contributed by atoms with Gasteiger partial charge >= 0.3 is 0 Å². The van der Waals surface area contributed by atoms with Crippen LogP contribution in [0.1, 0.15) is 37.7 Å². The zero-order chi connectivity index (χ0) is 26.0. The van der Waals surface area contributed by atoms with E-state index in [9.17, 15) is 0 Å². The number of hydrogen-bond donors (Lipinski definition) is 0. The summed E-state index contributed by atoms with van der Waals surface area (Å²) in [5.41, 5.74) is 4.30. The molecule has 0 aliphatic heterocycles. The normalized spacial score (nSPS) is 13.9. The maximum Gasteiger partial charge on any atom is 0.216 e. The van der Waals surface area contributed by atoms with Crippen molar-refractivity contribution in [3.05, 3.63) is 89.8 Å². The largest absolute Gasteiger partial charge is 0.454 e. The van der Waals surface area contributed by atoms with Crippen LogP contribution in [0.15, 0.2) is 77.2 Å². The number of benzene rings is 3. The standard InChI is InChI=1S/C28H25FNO/c1-17(2)20-14-15-30(4)24(16-20)25-18(3)10-11-21-22-12-13-23(29)26(28(22)31-27(21)25)19-8-6-5-7-9-19/h5-17H,1-4H3/q+1/i5D,6D,7D,8D,9D. The number of fused-ring (bicyclic) bond motifs is 3. The lowest BCUT2D eigenvalue weighted by Gasteiger charge is -2.09. The van der Waals surface area contributed by atoms with E-state index >= 15 is 4.39 Å². The number of halogens is 1. The summed E-state index contributed by atoms with van der Waals surface area (Å²) >= 11 is 0. The molecule has 154 valence electrons. The molecule has 0 aliphatic carbocycles. The van der Waals surface area contributed by atoms with Crippen LogP contribution in [0.3, 0.4) is 0 Å². The van der Waals surface area contributed by atoms with E-state index in [1.165, 1.54) is 11.6 Å². The molecule has 2 nitrogen and oxygen atoms in total. The van der Waals surface area contributed by atoms with Gasteiger partial charge in [-0.15, -0.1) is 0 Å². The number of rotatable bonds is 3. The second-order valence-corrected chi connectivity index (χ2v) is 8.15. The number of furan rings is 1. The molecule has 0 aliphatic rings. The first kappa shape index (κ1) is 14.5. The first-order valence-electron chi connectivity index (χ1n) is 12.7. The van der Waals surface area contributed by atoms with Crippen molar-refractivity contribution in [2.24, 2.45) is 7.05 Å². The Kier molecular flexibility index (Phi) is 3.44. The van der Waals surface area contributed by atoms with Crippen LogP contribution in [0, 0.1) is 12.7 Å². The van der Waals surface area contributed by atoms with Crippen molar-refractivity contribution in [2.45, 2.75) is 26.7 Å². The Hall–Kier alpha value is -3.46. The van der Waals surface area contributed by atoms with Gasteiger partial charge in [0.15, 0.2) is 6.20 Å². The Balaban J connectivity index is 1.92. The number of aryl methyl sites for hydroxylation is 2. The molecule has 0 unspecified atom stereocenters. The highest BCUT2D eigenvalue weighted by Crippen LogP contribution is 2.41. The molecular formula is C28H25FNO+. The van der Waals surface area contributed by atoms with Gasteiger partial charge in [-0.25, -0.2) is 8.96 Å². The molecular weight excluding hydrogens is 385 g/mol. The van der Waals surface area contributed by atoms with E-state index in [-0.39, 0.29) is 16.7 Å². The minimum atomic E-state index is -0.717. The molecule has 31 heavy (non-hydrogen) atoms. The molecule has 0 saturated heterocycles. The number of pyridine rings is 1. The van der Waals surface area contributed by atoms with E-state index in [2.05, 4.69) is 26.0 Å². The summed E-state index contributed by atoms with van der Waals surface area (Å²) in [6, 6.07) is 8.45. The fourth-order valence-electron chi connectivity index (χ4n) is 4.10. The van der Waals surface area contributed by atoms with Crippen LogP contribution < -0.4 is 4.57 Å². The summed E-state index contributed by atoms with van der Waals surface area (Å²) in [7, 11) is 1.96. The maximum absolute atomic E-state index is 15.4.